The minimum absolute atomic E-state index is 0.119. The van der Waals surface area contributed by atoms with Gasteiger partial charge in [-0.15, -0.1) is 11.3 Å². The highest BCUT2D eigenvalue weighted by Gasteiger charge is 2.33. The Balaban J connectivity index is 1.57. The third-order valence-electron chi connectivity index (χ3n) is 5.14. The molecule has 0 bridgehead atoms. The van der Waals surface area contributed by atoms with Gasteiger partial charge in [-0.05, 0) is 38.0 Å². The molecule has 1 amide bonds. The fourth-order valence-corrected chi connectivity index (χ4v) is 4.71. The Morgan fingerprint density at radius 3 is 2.89 bits per heavy atom. The van der Waals surface area contributed by atoms with Crippen LogP contribution in [0.25, 0.3) is 11.3 Å². The number of thiophene rings is 1. The van der Waals surface area contributed by atoms with Crippen LogP contribution < -0.4 is 0 Å². The number of hydrogen-bond donors (Lipinski definition) is 1. The predicted molar refractivity (Wildman–Crippen MR) is 108 cm³/mol. The van der Waals surface area contributed by atoms with Gasteiger partial charge in [-0.25, -0.2) is 4.98 Å². The molecule has 1 unspecified atom stereocenters. The number of rotatable bonds is 5. The first-order valence-corrected chi connectivity index (χ1v) is 10.2. The summed E-state index contributed by atoms with van der Waals surface area (Å²) in [4.78, 5) is 29.6. The summed E-state index contributed by atoms with van der Waals surface area (Å²) in [6, 6.07) is 6.13. The van der Waals surface area contributed by atoms with Gasteiger partial charge >= 0.3 is 0 Å². The lowest BCUT2D eigenvalue weighted by Crippen LogP contribution is -2.24. The molecule has 27 heavy (non-hydrogen) atoms. The number of hydrogen-bond acceptors (Lipinski definition) is 4. The average molecular weight is 381 g/mol. The van der Waals surface area contributed by atoms with E-state index < -0.39 is 0 Å². The van der Waals surface area contributed by atoms with E-state index in [2.05, 4.69) is 36.8 Å². The van der Waals surface area contributed by atoms with Gasteiger partial charge in [0.2, 0.25) is 5.91 Å². The van der Waals surface area contributed by atoms with Crippen LogP contribution in [0.5, 0.6) is 0 Å². The standard InChI is InChI=1S/C21H24N4OS/c1-4-18-20(17-8-13(2)27-14(17)3)24-21(23-18)16-9-19(26)25(12-16)11-15-6-5-7-22-10-15/h5-8,10,16H,4,9,11-12H2,1-3H3,(H,23,24). The number of nitrogens with one attached hydrogen (secondary N) is 1. The molecule has 0 saturated carbocycles. The highest BCUT2D eigenvalue weighted by atomic mass is 32.1. The van der Waals surface area contributed by atoms with Crippen LogP contribution in [0.4, 0.5) is 0 Å². The molecule has 3 aromatic heterocycles. The minimum atomic E-state index is 0.119. The number of aryl methyl sites for hydroxylation is 3. The van der Waals surface area contributed by atoms with Gasteiger partial charge < -0.3 is 9.88 Å². The van der Waals surface area contributed by atoms with Crippen molar-refractivity contribution < 1.29 is 4.79 Å². The molecule has 1 N–H and O–H groups in total. The smallest absolute Gasteiger partial charge is 0.223 e. The van der Waals surface area contributed by atoms with Gasteiger partial charge in [-0.1, -0.05) is 13.0 Å². The Morgan fingerprint density at radius 1 is 1.37 bits per heavy atom. The summed E-state index contributed by atoms with van der Waals surface area (Å²) < 4.78 is 0. The number of imidazole rings is 1. The summed E-state index contributed by atoms with van der Waals surface area (Å²) in [5.41, 5.74) is 4.48. The number of aromatic nitrogens is 3. The Morgan fingerprint density at radius 2 is 2.22 bits per heavy atom. The predicted octanol–water partition coefficient (Wildman–Crippen LogP) is 4.23. The molecule has 4 rings (SSSR count). The molecular formula is C21H24N4OS. The van der Waals surface area contributed by atoms with E-state index in [-0.39, 0.29) is 11.8 Å². The first kappa shape index (κ1) is 17.9. The van der Waals surface area contributed by atoms with Crippen molar-refractivity contribution in [1.29, 1.82) is 0 Å². The van der Waals surface area contributed by atoms with Crippen LogP contribution in [-0.4, -0.2) is 32.3 Å². The third kappa shape index (κ3) is 3.54. The van der Waals surface area contributed by atoms with Crippen LogP contribution in [0.1, 0.15) is 46.1 Å². The molecule has 0 aliphatic carbocycles. The fourth-order valence-electron chi connectivity index (χ4n) is 3.79. The molecule has 140 valence electrons. The molecule has 4 heterocycles. The van der Waals surface area contributed by atoms with E-state index in [0.29, 0.717) is 19.5 Å². The number of carbonyl (C=O) groups is 1. The van der Waals surface area contributed by atoms with Crippen molar-refractivity contribution in [2.45, 2.75) is 46.1 Å². The SMILES string of the molecule is CCc1[nH]c(C2CC(=O)N(Cc3cccnc3)C2)nc1-c1cc(C)sc1C. The van der Waals surface area contributed by atoms with Crippen molar-refractivity contribution in [3.05, 3.63) is 57.4 Å². The molecule has 1 atom stereocenters. The second-order valence-electron chi connectivity index (χ2n) is 7.17. The number of aromatic amines is 1. The molecule has 6 heteroatoms. The minimum Gasteiger partial charge on any atom is -0.345 e. The monoisotopic (exact) mass is 380 g/mol. The van der Waals surface area contributed by atoms with E-state index in [1.54, 1.807) is 17.5 Å². The summed E-state index contributed by atoms with van der Waals surface area (Å²) in [5.74, 6) is 1.24. The number of H-pyrrole nitrogens is 1. The Bertz CT molecular complexity index is 960. The number of likely N-dealkylation sites (tertiary alicyclic amines) is 1. The zero-order valence-corrected chi connectivity index (χ0v) is 16.8. The van der Waals surface area contributed by atoms with Crippen LogP contribution in [0.2, 0.25) is 0 Å². The molecule has 1 aliphatic heterocycles. The lowest BCUT2D eigenvalue weighted by Gasteiger charge is -2.15. The number of nitrogens with zero attached hydrogens (tertiary/aromatic N) is 3. The van der Waals surface area contributed by atoms with Gasteiger partial charge in [0.1, 0.15) is 5.82 Å². The van der Waals surface area contributed by atoms with Gasteiger partial charge in [0.15, 0.2) is 0 Å². The van der Waals surface area contributed by atoms with Crippen LogP contribution in [-0.2, 0) is 17.8 Å². The quantitative estimate of drug-likeness (QED) is 0.720. The van der Waals surface area contributed by atoms with Crippen molar-refractivity contribution in [2.24, 2.45) is 0 Å². The Hall–Kier alpha value is -2.47. The van der Waals surface area contributed by atoms with Crippen LogP contribution in [0.3, 0.4) is 0 Å². The summed E-state index contributed by atoms with van der Waals surface area (Å²) in [5, 5.41) is 0. The summed E-state index contributed by atoms with van der Waals surface area (Å²) in [6.45, 7) is 7.73. The number of carbonyl (C=O) groups excluding carboxylic acids is 1. The maximum absolute atomic E-state index is 12.5. The second-order valence-corrected chi connectivity index (χ2v) is 8.63. The number of pyridine rings is 1. The third-order valence-corrected chi connectivity index (χ3v) is 6.11. The molecule has 1 saturated heterocycles. The Kier molecular flexibility index (Phi) is 4.83. The van der Waals surface area contributed by atoms with Gasteiger partial charge in [0.25, 0.3) is 0 Å². The van der Waals surface area contributed by atoms with Crippen molar-refractivity contribution in [3.8, 4) is 11.3 Å². The van der Waals surface area contributed by atoms with Gasteiger partial charge in [-0.3, -0.25) is 9.78 Å². The summed E-state index contributed by atoms with van der Waals surface area (Å²) >= 11 is 1.80. The maximum atomic E-state index is 12.5. The Labute approximate surface area is 163 Å². The first-order chi connectivity index (χ1) is 13.0. The van der Waals surface area contributed by atoms with E-state index in [4.69, 9.17) is 4.98 Å². The van der Waals surface area contributed by atoms with E-state index in [1.165, 1.54) is 15.3 Å². The van der Waals surface area contributed by atoms with Crippen molar-refractivity contribution in [1.82, 2.24) is 19.9 Å². The number of amides is 1. The molecule has 0 radical (unpaired) electrons. The lowest BCUT2D eigenvalue weighted by atomic mass is 10.1. The zero-order chi connectivity index (χ0) is 19.0. The summed E-state index contributed by atoms with van der Waals surface area (Å²) in [7, 11) is 0. The highest BCUT2D eigenvalue weighted by molar-refractivity contribution is 7.12. The molecule has 1 fully saturated rings. The van der Waals surface area contributed by atoms with E-state index in [9.17, 15) is 4.79 Å². The van der Waals surface area contributed by atoms with Gasteiger partial charge in [-0.2, -0.15) is 0 Å². The topological polar surface area (TPSA) is 61.9 Å². The average Bonchev–Trinajstić information content (AvgIpc) is 3.33. The molecule has 1 aliphatic rings. The summed E-state index contributed by atoms with van der Waals surface area (Å²) in [6.07, 6.45) is 4.99. The molecule has 3 aromatic rings. The fraction of sp³-hybridized carbons (Fsp3) is 0.381. The zero-order valence-electron chi connectivity index (χ0n) is 16.0. The van der Waals surface area contributed by atoms with Gasteiger partial charge in [0.05, 0.1) is 5.69 Å². The van der Waals surface area contributed by atoms with Crippen molar-refractivity contribution >= 4 is 17.2 Å². The molecule has 5 nitrogen and oxygen atoms in total. The van der Waals surface area contributed by atoms with E-state index in [1.807, 2.05) is 23.2 Å². The molecule has 0 spiro atoms. The van der Waals surface area contributed by atoms with Crippen molar-refractivity contribution in [3.63, 3.8) is 0 Å². The van der Waals surface area contributed by atoms with Crippen LogP contribution in [0.15, 0.2) is 30.6 Å². The molecular weight excluding hydrogens is 356 g/mol. The second kappa shape index (κ2) is 7.27. The largest absolute Gasteiger partial charge is 0.345 e. The van der Waals surface area contributed by atoms with Crippen LogP contribution >= 0.6 is 11.3 Å². The molecule has 0 aromatic carbocycles. The van der Waals surface area contributed by atoms with Crippen LogP contribution in [0, 0.1) is 13.8 Å². The lowest BCUT2D eigenvalue weighted by molar-refractivity contribution is -0.128. The van der Waals surface area contributed by atoms with Crippen molar-refractivity contribution in [2.75, 3.05) is 6.54 Å². The maximum Gasteiger partial charge on any atom is 0.223 e. The van der Waals surface area contributed by atoms with E-state index in [0.717, 1.165) is 29.2 Å². The normalized spacial score (nSPS) is 17.1. The first-order valence-electron chi connectivity index (χ1n) is 9.38. The van der Waals surface area contributed by atoms with Gasteiger partial charge in [0, 0.05) is 58.8 Å². The van der Waals surface area contributed by atoms with E-state index >= 15 is 0 Å². The highest BCUT2D eigenvalue weighted by Crippen LogP contribution is 2.35.